The van der Waals surface area contributed by atoms with Crippen LogP contribution in [0.3, 0.4) is 0 Å². The van der Waals surface area contributed by atoms with Gasteiger partial charge in [0, 0.05) is 34.1 Å². The summed E-state index contributed by atoms with van der Waals surface area (Å²) in [7, 11) is -1.68. The molecule has 2 aromatic rings. The molecule has 0 fully saturated rings. The molecule has 0 radical (unpaired) electrons. The Morgan fingerprint density at radius 2 is 1.81 bits per heavy atom. The molecule has 7 nitrogen and oxygen atoms in total. The van der Waals surface area contributed by atoms with Gasteiger partial charge in [0.1, 0.15) is 11.0 Å². The molecule has 3 rings (SSSR count). The SMILES string of the molecule is C\C(=C/C=C\C=C\Cl)S(=O)NC(=O)Nc1ccc2c(c1)CCN(C(=O)NSc1ccccc1Cl)CC2. The molecule has 0 bridgehead atoms. The van der Waals surface area contributed by atoms with Crippen LogP contribution < -0.4 is 14.8 Å². The average molecular weight is 566 g/mol. The van der Waals surface area contributed by atoms with E-state index in [-0.39, 0.29) is 6.03 Å². The molecule has 1 heterocycles. The first-order chi connectivity index (χ1) is 17.4. The van der Waals surface area contributed by atoms with Gasteiger partial charge in [-0.25, -0.2) is 13.8 Å². The van der Waals surface area contributed by atoms with Gasteiger partial charge in [-0.2, -0.15) is 0 Å². The first-order valence-corrected chi connectivity index (χ1v) is 13.8. The second-order valence-corrected chi connectivity index (χ2v) is 10.6. The molecule has 4 amide bonds. The van der Waals surface area contributed by atoms with Gasteiger partial charge < -0.3 is 10.2 Å². The van der Waals surface area contributed by atoms with Crippen molar-refractivity contribution in [3.05, 3.63) is 93.4 Å². The van der Waals surface area contributed by atoms with Crippen molar-refractivity contribution >= 4 is 63.9 Å². The van der Waals surface area contributed by atoms with Gasteiger partial charge in [-0.1, -0.05) is 59.6 Å². The van der Waals surface area contributed by atoms with E-state index < -0.39 is 17.0 Å². The van der Waals surface area contributed by atoms with E-state index in [2.05, 4.69) is 14.8 Å². The maximum Gasteiger partial charge on any atom is 0.331 e. The number of hydrogen-bond donors (Lipinski definition) is 3. The van der Waals surface area contributed by atoms with Gasteiger partial charge in [0.2, 0.25) is 0 Å². The Bertz CT molecular complexity index is 1220. The third-order valence-electron chi connectivity index (χ3n) is 5.24. The fourth-order valence-electron chi connectivity index (χ4n) is 3.38. The standard InChI is InChI=1S/C25H26Cl2N4O3S2/c1-18(7-3-2-6-14-26)36(34)30-24(32)28-21-11-10-19-12-15-31(16-13-20(19)17-21)25(33)29-35-23-9-5-4-8-22(23)27/h2-11,14,17H,12-13,15-16H2,1H3,(H,29,33)(H2,28,30,32)/b3-2-,14-6+,18-7+. The summed E-state index contributed by atoms with van der Waals surface area (Å²) in [5.41, 5.74) is 4.12. The Balaban J connectivity index is 1.53. The molecule has 3 N–H and O–H groups in total. The molecule has 1 atom stereocenters. The van der Waals surface area contributed by atoms with Crippen LogP contribution in [0.15, 0.2) is 82.1 Å². The van der Waals surface area contributed by atoms with Crippen LogP contribution in [0.5, 0.6) is 0 Å². The van der Waals surface area contributed by atoms with Gasteiger partial charge in [-0.15, -0.1) is 0 Å². The summed E-state index contributed by atoms with van der Waals surface area (Å²) in [5, 5.41) is 3.31. The van der Waals surface area contributed by atoms with Crippen LogP contribution in [0.4, 0.5) is 15.3 Å². The van der Waals surface area contributed by atoms with Crippen LogP contribution in [-0.2, 0) is 23.8 Å². The number of halogens is 2. The average Bonchev–Trinajstić information content (AvgIpc) is 3.08. The number of urea groups is 2. The van der Waals surface area contributed by atoms with E-state index in [1.54, 1.807) is 48.3 Å². The van der Waals surface area contributed by atoms with Gasteiger partial charge in [-0.3, -0.25) is 9.44 Å². The Morgan fingerprint density at radius 1 is 1.06 bits per heavy atom. The fraction of sp³-hybridized carbons (Fsp3) is 0.200. The molecule has 0 spiro atoms. The zero-order chi connectivity index (χ0) is 25.9. The monoisotopic (exact) mass is 564 g/mol. The number of carbonyl (C=O) groups is 2. The number of fused-ring (bicyclic) bond motifs is 1. The predicted molar refractivity (Wildman–Crippen MR) is 149 cm³/mol. The van der Waals surface area contributed by atoms with E-state index in [4.69, 9.17) is 23.2 Å². The molecule has 0 aliphatic carbocycles. The Kier molecular flexibility index (Phi) is 10.9. The number of benzene rings is 2. The first kappa shape index (κ1) is 27.9. The van der Waals surface area contributed by atoms with Crippen LogP contribution in [-0.4, -0.2) is 34.3 Å². The number of allylic oxidation sites excluding steroid dienone is 5. The lowest BCUT2D eigenvalue weighted by Crippen LogP contribution is -2.38. The van der Waals surface area contributed by atoms with E-state index in [1.165, 1.54) is 17.5 Å². The molecule has 0 aromatic heterocycles. The van der Waals surface area contributed by atoms with E-state index in [0.29, 0.717) is 41.5 Å². The number of carbonyl (C=O) groups excluding carboxylic acids is 2. The van der Waals surface area contributed by atoms with Gasteiger partial charge in [0.15, 0.2) is 0 Å². The van der Waals surface area contributed by atoms with Gasteiger partial charge in [-0.05, 0) is 73.2 Å². The quantitative estimate of drug-likeness (QED) is 0.277. The highest BCUT2D eigenvalue weighted by Crippen LogP contribution is 2.25. The second-order valence-electron chi connectivity index (χ2n) is 7.72. The van der Waals surface area contributed by atoms with Gasteiger partial charge >= 0.3 is 12.1 Å². The fourth-order valence-corrected chi connectivity index (χ4v) is 4.93. The molecule has 0 saturated heterocycles. The smallest absolute Gasteiger partial charge is 0.323 e. The molecule has 2 aromatic carbocycles. The molecule has 1 unspecified atom stereocenters. The summed E-state index contributed by atoms with van der Waals surface area (Å²) in [6, 6.07) is 12.2. The van der Waals surface area contributed by atoms with Gasteiger partial charge in [0.05, 0.1) is 5.02 Å². The molecule has 190 valence electrons. The summed E-state index contributed by atoms with van der Waals surface area (Å²) in [6.45, 7) is 2.77. The van der Waals surface area contributed by atoms with E-state index in [0.717, 1.165) is 16.0 Å². The van der Waals surface area contributed by atoms with E-state index >= 15 is 0 Å². The topological polar surface area (TPSA) is 90.5 Å². The summed E-state index contributed by atoms with van der Waals surface area (Å²) >= 11 is 12.8. The van der Waals surface area contributed by atoms with Crippen molar-refractivity contribution in [3.8, 4) is 0 Å². The van der Waals surface area contributed by atoms with Crippen molar-refractivity contribution in [2.45, 2.75) is 24.7 Å². The van der Waals surface area contributed by atoms with Crippen LogP contribution in [0.1, 0.15) is 18.1 Å². The molecule has 0 saturated carbocycles. The zero-order valence-electron chi connectivity index (χ0n) is 19.5. The van der Waals surface area contributed by atoms with E-state index in [9.17, 15) is 13.8 Å². The Labute approximate surface area is 227 Å². The third-order valence-corrected chi connectivity index (χ3v) is 7.77. The predicted octanol–water partition coefficient (Wildman–Crippen LogP) is 6.16. The lowest BCUT2D eigenvalue weighted by molar-refractivity contribution is 0.207. The number of anilines is 1. The number of nitrogens with zero attached hydrogens (tertiary/aromatic N) is 1. The van der Waals surface area contributed by atoms with Crippen molar-refractivity contribution in [1.29, 1.82) is 0 Å². The lowest BCUT2D eigenvalue weighted by Gasteiger charge is -2.20. The van der Waals surface area contributed by atoms with Crippen molar-refractivity contribution in [3.63, 3.8) is 0 Å². The summed E-state index contributed by atoms with van der Waals surface area (Å²) in [4.78, 5) is 28.1. The summed E-state index contributed by atoms with van der Waals surface area (Å²) in [6.07, 6.45) is 7.96. The molecular formula is C25H26Cl2N4O3S2. The molecular weight excluding hydrogens is 539 g/mol. The van der Waals surface area contributed by atoms with Crippen molar-refractivity contribution in [2.75, 3.05) is 18.4 Å². The number of rotatable bonds is 7. The molecule has 1 aliphatic rings. The van der Waals surface area contributed by atoms with Gasteiger partial charge in [0.25, 0.3) is 0 Å². The molecule has 36 heavy (non-hydrogen) atoms. The highest BCUT2D eigenvalue weighted by Gasteiger charge is 2.19. The van der Waals surface area contributed by atoms with Crippen molar-refractivity contribution < 1.29 is 13.8 Å². The van der Waals surface area contributed by atoms with Crippen LogP contribution in [0.2, 0.25) is 5.02 Å². The minimum absolute atomic E-state index is 0.176. The maximum atomic E-state index is 12.7. The first-order valence-electron chi connectivity index (χ1n) is 11.0. The Hall–Kier alpha value is -2.72. The summed E-state index contributed by atoms with van der Waals surface area (Å²) < 4.78 is 17.6. The highest BCUT2D eigenvalue weighted by atomic mass is 35.5. The lowest BCUT2D eigenvalue weighted by atomic mass is 10.0. The molecule has 1 aliphatic heterocycles. The normalized spacial score (nSPS) is 14.9. The number of nitrogens with one attached hydrogen (secondary N) is 3. The van der Waals surface area contributed by atoms with Crippen LogP contribution in [0, 0.1) is 0 Å². The largest absolute Gasteiger partial charge is 0.331 e. The number of amides is 4. The van der Waals surface area contributed by atoms with Crippen LogP contribution in [0.25, 0.3) is 0 Å². The van der Waals surface area contributed by atoms with Crippen LogP contribution >= 0.6 is 35.1 Å². The molecule has 11 heteroatoms. The summed E-state index contributed by atoms with van der Waals surface area (Å²) in [5.74, 6) is 0. The Morgan fingerprint density at radius 3 is 2.56 bits per heavy atom. The number of hydrogen-bond acceptors (Lipinski definition) is 4. The second kappa shape index (κ2) is 14.1. The van der Waals surface area contributed by atoms with Crippen molar-refractivity contribution in [1.82, 2.24) is 14.3 Å². The third kappa shape index (κ3) is 8.44. The van der Waals surface area contributed by atoms with E-state index in [1.807, 2.05) is 30.3 Å². The highest BCUT2D eigenvalue weighted by molar-refractivity contribution is 7.98. The maximum absolute atomic E-state index is 12.7. The van der Waals surface area contributed by atoms with Crippen molar-refractivity contribution in [2.24, 2.45) is 0 Å². The minimum atomic E-state index is -1.68. The minimum Gasteiger partial charge on any atom is -0.323 e. The zero-order valence-corrected chi connectivity index (χ0v) is 22.6.